The van der Waals surface area contributed by atoms with Crippen molar-refractivity contribution >= 4 is 17.5 Å². The first kappa shape index (κ1) is 18.1. The molecule has 6 heteroatoms. The fourth-order valence-corrected chi connectivity index (χ4v) is 3.00. The van der Waals surface area contributed by atoms with Crippen LogP contribution in [0.1, 0.15) is 35.2 Å². The molecule has 1 unspecified atom stereocenters. The molecule has 3 rings (SSSR count). The Kier molecular flexibility index (Phi) is 6.33. The molecule has 1 aromatic carbocycles. The quantitative estimate of drug-likeness (QED) is 0.714. The summed E-state index contributed by atoms with van der Waals surface area (Å²) in [5, 5.41) is 9.08. The van der Waals surface area contributed by atoms with E-state index in [2.05, 4.69) is 20.9 Å². The molecule has 1 aliphatic rings. The molecule has 0 aliphatic carbocycles. The minimum Gasteiger partial charge on any atom is -0.352 e. The average molecular weight is 352 g/mol. The van der Waals surface area contributed by atoms with Gasteiger partial charge in [-0.3, -0.25) is 14.6 Å². The number of pyridine rings is 1. The monoisotopic (exact) mass is 352 g/mol. The summed E-state index contributed by atoms with van der Waals surface area (Å²) in [5.41, 5.74) is 2.26. The number of benzene rings is 1. The van der Waals surface area contributed by atoms with Gasteiger partial charge in [-0.1, -0.05) is 12.1 Å². The Hall–Kier alpha value is -2.73. The van der Waals surface area contributed by atoms with E-state index >= 15 is 0 Å². The van der Waals surface area contributed by atoms with Crippen molar-refractivity contribution in [1.29, 1.82) is 0 Å². The molecular weight excluding hydrogens is 328 g/mol. The highest BCUT2D eigenvalue weighted by atomic mass is 16.2. The third kappa shape index (κ3) is 5.39. The van der Waals surface area contributed by atoms with Crippen molar-refractivity contribution in [3.63, 3.8) is 0 Å². The second-order valence-corrected chi connectivity index (χ2v) is 6.56. The molecule has 1 atom stereocenters. The number of nitrogens with one attached hydrogen (secondary N) is 3. The van der Waals surface area contributed by atoms with E-state index in [1.54, 1.807) is 36.7 Å². The molecule has 1 aliphatic heterocycles. The van der Waals surface area contributed by atoms with E-state index < -0.39 is 0 Å². The lowest BCUT2D eigenvalue weighted by molar-refractivity contribution is -0.121. The van der Waals surface area contributed by atoms with E-state index in [1.165, 1.54) is 0 Å². The van der Waals surface area contributed by atoms with Crippen LogP contribution in [0.4, 0.5) is 5.69 Å². The van der Waals surface area contributed by atoms with Gasteiger partial charge in [0.15, 0.2) is 0 Å². The maximum absolute atomic E-state index is 12.2. The van der Waals surface area contributed by atoms with Crippen LogP contribution in [0.5, 0.6) is 0 Å². The second kappa shape index (κ2) is 9.10. The number of nitrogens with zero attached hydrogens (tertiary/aromatic N) is 1. The summed E-state index contributed by atoms with van der Waals surface area (Å²) in [4.78, 5) is 28.1. The topological polar surface area (TPSA) is 83.1 Å². The van der Waals surface area contributed by atoms with Gasteiger partial charge in [0, 0.05) is 36.6 Å². The number of rotatable bonds is 7. The number of anilines is 1. The zero-order chi connectivity index (χ0) is 18.2. The van der Waals surface area contributed by atoms with Crippen LogP contribution >= 0.6 is 0 Å². The number of carbonyl (C=O) groups is 2. The number of hydrogen-bond acceptors (Lipinski definition) is 4. The summed E-state index contributed by atoms with van der Waals surface area (Å²) >= 11 is 0. The summed E-state index contributed by atoms with van der Waals surface area (Å²) in [6.07, 6.45) is 5.93. The molecule has 0 saturated carbocycles. The first-order chi connectivity index (χ1) is 12.7. The number of aromatic nitrogens is 1. The van der Waals surface area contributed by atoms with E-state index in [9.17, 15) is 9.59 Å². The lowest BCUT2D eigenvalue weighted by Crippen LogP contribution is -2.23. The Morgan fingerprint density at radius 3 is 2.58 bits per heavy atom. The second-order valence-electron chi connectivity index (χ2n) is 6.56. The molecule has 2 heterocycles. The predicted octanol–water partition coefficient (Wildman–Crippen LogP) is 2.34. The van der Waals surface area contributed by atoms with E-state index in [0.29, 0.717) is 30.1 Å². The smallest absolute Gasteiger partial charge is 0.255 e. The van der Waals surface area contributed by atoms with Crippen molar-refractivity contribution in [2.75, 3.05) is 18.4 Å². The maximum atomic E-state index is 12.2. The summed E-state index contributed by atoms with van der Waals surface area (Å²) < 4.78 is 0. The van der Waals surface area contributed by atoms with Crippen molar-refractivity contribution in [2.45, 2.75) is 25.8 Å². The maximum Gasteiger partial charge on any atom is 0.255 e. The standard InChI is InChI=1S/C20H24N4O2/c25-19(6-3-16-7-10-22-13-16)23-14-15-1-4-17(5-2-15)20(26)24-18-8-11-21-12-9-18/h1-2,4-5,8-9,11-12,16,22H,3,6-7,10,13-14H2,(H,23,25)(H,21,24,26). The van der Waals surface area contributed by atoms with Gasteiger partial charge >= 0.3 is 0 Å². The first-order valence-electron chi connectivity index (χ1n) is 8.98. The molecule has 2 amide bonds. The van der Waals surface area contributed by atoms with E-state index in [1.807, 2.05) is 12.1 Å². The van der Waals surface area contributed by atoms with Crippen LogP contribution in [0.15, 0.2) is 48.8 Å². The molecular formula is C20H24N4O2. The molecule has 2 aromatic rings. The minimum absolute atomic E-state index is 0.0800. The van der Waals surface area contributed by atoms with Gasteiger partial charge in [-0.15, -0.1) is 0 Å². The van der Waals surface area contributed by atoms with E-state index in [-0.39, 0.29) is 11.8 Å². The fourth-order valence-electron chi connectivity index (χ4n) is 3.00. The highest BCUT2D eigenvalue weighted by Crippen LogP contribution is 2.14. The summed E-state index contributed by atoms with van der Waals surface area (Å²) in [7, 11) is 0. The van der Waals surface area contributed by atoms with Crippen molar-refractivity contribution < 1.29 is 9.59 Å². The lowest BCUT2D eigenvalue weighted by Gasteiger charge is -2.09. The van der Waals surface area contributed by atoms with Crippen LogP contribution in [0.25, 0.3) is 0 Å². The normalized spacial score (nSPS) is 16.2. The molecule has 3 N–H and O–H groups in total. The van der Waals surface area contributed by atoms with Crippen LogP contribution in [0.3, 0.4) is 0 Å². The molecule has 0 spiro atoms. The van der Waals surface area contributed by atoms with Gasteiger partial charge in [-0.25, -0.2) is 0 Å². The Morgan fingerprint density at radius 1 is 1.12 bits per heavy atom. The number of carbonyl (C=O) groups excluding carboxylic acids is 2. The SMILES string of the molecule is O=C(CCC1CCNC1)NCc1ccc(C(=O)Nc2ccncc2)cc1. The Labute approximate surface area is 153 Å². The van der Waals surface area contributed by atoms with Crippen molar-refractivity contribution in [3.05, 3.63) is 59.9 Å². The van der Waals surface area contributed by atoms with E-state index in [4.69, 9.17) is 0 Å². The third-order valence-electron chi connectivity index (χ3n) is 4.59. The minimum atomic E-state index is -0.169. The van der Waals surface area contributed by atoms with Crippen LogP contribution < -0.4 is 16.0 Å². The molecule has 6 nitrogen and oxygen atoms in total. The number of amides is 2. The predicted molar refractivity (Wildman–Crippen MR) is 101 cm³/mol. The van der Waals surface area contributed by atoms with Crippen molar-refractivity contribution in [2.24, 2.45) is 5.92 Å². The van der Waals surface area contributed by atoms with Crippen molar-refractivity contribution in [3.8, 4) is 0 Å². The molecule has 1 fully saturated rings. The Bertz CT molecular complexity index is 725. The highest BCUT2D eigenvalue weighted by molar-refractivity contribution is 6.04. The van der Waals surface area contributed by atoms with E-state index in [0.717, 1.165) is 31.5 Å². The van der Waals surface area contributed by atoms with Gasteiger partial charge in [-0.2, -0.15) is 0 Å². The van der Waals surface area contributed by atoms with Gasteiger partial charge in [0.1, 0.15) is 0 Å². The van der Waals surface area contributed by atoms with Gasteiger partial charge in [0.25, 0.3) is 5.91 Å². The van der Waals surface area contributed by atoms with Gasteiger partial charge in [-0.05, 0) is 61.7 Å². The summed E-state index contributed by atoms with van der Waals surface area (Å²) in [5.74, 6) is 0.535. The molecule has 0 radical (unpaired) electrons. The molecule has 1 aromatic heterocycles. The molecule has 1 saturated heterocycles. The van der Waals surface area contributed by atoms with Crippen LogP contribution in [0.2, 0.25) is 0 Å². The fraction of sp³-hybridized carbons (Fsp3) is 0.350. The highest BCUT2D eigenvalue weighted by Gasteiger charge is 2.15. The Balaban J connectivity index is 1.43. The molecule has 136 valence electrons. The van der Waals surface area contributed by atoms with Gasteiger partial charge in [0.2, 0.25) is 5.91 Å². The van der Waals surface area contributed by atoms with Crippen LogP contribution in [-0.2, 0) is 11.3 Å². The Morgan fingerprint density at radius 2 is 1.88 bits per heavy atom. The average Bonchev–Trinajstić information content (AvgIpc) is 3.19. The number of hydrogen-bond donors (Lipinski definition) is 3. The summed E-state index contributed by atoms with van der Waals surface area (Å²) in [6.45, 7) is 2.57. The van der Waals surface area contributed by atoms with Crippen molar-refractivity contribution in [1.82, 2.24) is 15.6 Å². The van der Waals surface area contributed by atoms with Crippen LogP contribution in [-0.4, -0.2) is 29.9 Å². The molecule has 0 bridgehead atoms. The largest absolute Gasteiger partial charge is 0.352 e. The van der Waals surface area contributed by atoms with Crippen LogP contribution in [0, 0.1) is 5.92 Å². The summed E-state index contributed by atoms with van der Waals surface area (Å²) in [6, 6.07) is 10.7. The lowest BCUT2D eigenvalue weighted by atomic mass is 10.0. The molecule has 26 heavy (non-hydrogen) atoms. The first-order valence-corrected chi connectivity index (χ1v) is 8.98. The zero-order valence-corrected chi connectivity index (χ0v) is 14.7. The zero-order valence-electron chi connectivity index (χ0n) is 14.7. The van der Waals surface area contributed by atoms with Gasteiger partial charge in [0.05, 0.1) is 0 Å². The van der Waals surface area contributed by atoms with Gasteiger partial charge < -0.3 is 16.0 Å². The third-order valence-corrected chi connectivity index (χ3v) is 4.59.